The Bertz CT molecular complexity index is 773. The van der Waals surface area contributed by atoms with E-state index in [0.717, 1.165) is 50.8 Å². The quantitative estimate of drug-likeness (QED) is 0.790. The lowest BCUT2D eigenvalue weighted by atomic mass is 9.65. The van der Waals surface area contributed by atoms with Crippen LogP contribution < -0.4 is 10.5 Å². The lowest BCUT2D eigenvalue weighted by Gasteiger charge is -2.54. The van der Waals surface area contributed by atoms with Gasteiger partial charge < -0.3 is 20.3 Å². The van der Waals surface area contributed by atoms with Gasteiger partial charge in [0, 0.05) is 43.9 Å². The van der Waals surface area contributed by atoms with E-state index in [1.54, 1.807) is 17.2 Å². The SMILES string of the molecule is NC(=O)[C@H]1CCN(C(=O)N2CC3(CCC(Cc4ccc(OC(F)F)nc4)CC3)C2)C1. The van der Waals surface area contributed by atoms with Crippen molar-refractivity contribution in [2.24, 2.45) is 23.0 Å². The maximum atomic E-state index is 12.7. The molecule has 1 saturated carbocycles. The van der Waals surface area contributed by atoms with Gasteiger partial charge in [0.25, 0.3) is 0 Å². The number of amides is 3. The lowest BCUT2D eigenvalue weighted by molar-refractivity contribution is -0.121. The second kappa shape index (κ2) is 8.35. The van der Waals surface area contributed by atoms with E-state index in [9.17, 15) is 18.4 Å². The van der Waals surface area contributed by atoms with Crippen LogP contribution in [0.3, 0.4) is 0 Å². The number of nitrogens with two attached hydrogens (primary N) is 1. The Kier molecular flexibility index (Phi) is 5.79. The molecule has 3 fully saturated rings. The minimum Gasteiger partial charge on any atom is -0.417 e. The zero-order chi connectivity index (χ0) is 21.3. The first kappa shape index (κ1) is 20.8. The summed E-state index contributed by atoms with van der Waals surface area (Å²) in [4.78, 5) is 31.6. The highest BCUT2D eigenvalue weighted by atomic mass is 19.3. The fraction of sp³-hybridized carbons (Fsp3) is 0.667. The number of primary amides is 1. The minimum atomic E-state index is -2.86. The monoisotopic (exact) mass is 422 g/mol. The van der Waals surface area contributed by atoms with E-state index in [0.29, 0.717) is 25.4 Å². The van der Waals surface area contributed by atoms with Gasteiger partial charge in [-0.15, -0.1) is 0 Å². The number of ether oxygens (including phenoxy) is 1. The highest BCUT2D eigenvalue weighted by Crippen LogP contribution is 2.46. The highest BCUT2D eigenvalue weighted by Gasteiger charge is 2.48. The van der Waals surface area contributed by atoms with Crippen molar-refractivity contribution in [1.82, 2.24) is 14.8 Å². The lowest BCUT2D eigenvalue weighted by Crippen LogP contribution is -2.62. The maximum Gasteiger partial charge on any atom is 0.388 e. The molecule has 1 atom stereocenters. The molecule has 30 heavy (non-hydrogen) atoms. The molecule has 3 heterocycles. The average Bonchev–Trinajstić information content (AvgIpc) is 3.18. The number of aromatic nitrogens is 1. The third kappa shape index (κ3) is 4.49. The predicted octanol–water partition coefficient (Wildman–Crippen LogP) is 2.64. The summed E-state index contributed by atoms with van der Waals surface area (Å²) in [7, 11) is 0. The van der Waals surface area contributed by atoms with Crippen LogP contribution in [0.25, 0.3) is 0 Å². The fourth-order valence-corrected chi connectivity index (χ4v) is 5.10. The van der Waals surface area contributed by atoms with Crippen LogP contribution in [-0.4, -0.2) is 59.5 Å². The van der Waals surface area contributed by atoms with Crippen molar-refractivity contribution < 1.29 is 23.1 Å². The first-order chi connectivity index (χ1) is 14.3. The molecule has 2 saturated heterocycles. The molecule has 7 nitrogen and oxygen atoms in total. The van der Waals surface area contributed by atoms with E-state index in [1.165, 1.54) is 6.07 Å². The number of hydrogen-bond acceptors (Lipinski definition) is 4. The molecule has 164 valence electrons. The minimum absolute atomic E-state index is 0.0312. The van der Waals surface area contributed by atoms with E-state index in [2.05, 4.69) is 9.72 Å². The number of pyridine rings is 1. The number of likely N-dealkylation sites (tertiary alicyclic amines) is 2. The fourth-order valence-electron chi connectivity index (χ4n) is 5.10. The molecule has 2 aliphatic heterocycles. The van der Waals surface area contributed by atoms with Crippen LogP contribution in [0.2, 0.25) is 0 Å². The van der Waals surface area contributed by atoms with Crippen LogP contribution in [0.1, 0.15) is 37.7 Å². The van der Waals surface area contributed by atoms with Crippen molar-refractivity contribution in [3.63, 3.8) is 0 Å². The average molecular weight is 422 g/mol. The molecule has 4 rings (SSSR count). The van der Waals surface area contributed by atoms with Crippen molar-refractivity contribution >= 4 is 11.9 Å². The van der Waals surface area contributed by atoms with Crippen molar-refractivity contribution in [3.8, 4) is 5.88 Å². The van der Waals surface area contributed by atoms with Gasteiger partial charge in [-0.05, 0) is 50.0 Å². The molecule has 3 amide bonds. The number of hydrogen-bond donors (Lipinski definition) is 1. The number of carbonyl (C=O) groups is 2. The van der Waals surface area contributed by atoms with Crippen LogP contribution in [0.15, 0.2) is 18.3 Å². The summed E-state index contributed by atoms with van der Waals surface area (Å²) in [5.74, 6) is -0.0603. The Morgan fingerprint density at radius 3 is 2.50 bits per heavy atom. The number of rotatable bonds is 5. The summed E-state index contributed by atoms with van der Waals surface area (Å²) in [6.07, 6.45) is 7.50. The van der Waals surface area contributed by atoms with Gasteiger partial charge in [0.15, 0.2) is 0 Å². The van der Waals surface area contributed by atoms with E-state index in [-0.39, 0.29) is 29.2 Å². The van der Waals surface area contributed by atoms with E-state index in [1.807, 2.05) is 4.90 Å². The van der Waals surface area contributed by atoms with Crippen molar-refractivity contribution in [1.29, 1.82) is 0 Å². The molecule has 1 aliphatic carbocycles. The van der Waals surface area contributed by atoms with Gasteiger partial charge in [-0.2, -0.15) is 8.78 Å². The van der Waals surface area contributed by atoms with Gasteiger partial charge in [0.2, 0.25) is 11.8 Å². The van der Waals surface area contributed by atoms with Gasteiger partial charge in [-0.1, -0.05) is 6.07 Å². The van der Waals surface area contributed by atoms with Crippen molar-refractivity contribution in [2.45, 2.75) is 45.1 Å². The van der Waals surface area contributed by atoms with Gasteiger partial charge >= 0.3 is 12.6 Å². The molecule has 1 spiro atoms. The largest absolute Gasteiger partial charge is 0.417 e. The van der Waals surface area contributed by atoms with E-state index >= 15 is 0 Å². The third-order valence-corrected chi connectivity index (χ3v) is 6.88. The second-order valence-electron chi connectivity index (χ2n) is 9.00. The third-order valence-electron chi connectivity index (χ3n) is 6.88. The Labute approximate surface area is 174 Å². The number of carbonyl (C=O) groups excluding carboxylic acids is 2. The first-order valence-corrected chi connectivity index (χ1v) is 10.6. The molecule has 0 unspecified atom stereocenters. The molecule has 0 aromatic carbocycles. The predicted molar refractivity (Wildman–Crippen MR) is 105 cm³/mol. The Morgan fingerprint density at radius 1 is 1.20 bits per heavy atom. The normalized spacial score (nSPS) is 23.6. The zero-order valence-electron chi connectivity index (χ0n) is 16.9. The standard InChI is InChI=1S/C21H28F2N4O3/c22-19(23)30-17-2-1-15(10-25-17)9-14-3-6-21(7-4-14)12-27(13-21)20(29)26-8-5-16(11-26)18(24)28/h1-2,10,14,16,19H,3-9,11-13H2,(H2,24,28)/t16-/m0/s1. The number of nitrogens with zero attached hydrogens (tertiary/aromatic N) is 3. The van der Waals surface area contributed by atoms with Crippen molar-refractivity contribution in [2.75, 3.05) is 26.2 Å². The van der Waals surface area contributed by atoms with Crippen LogP contribution in [-0.2, 0) is 11.2 Å². The van der Waals surface area contributed by atoms with Gasteiger partial charge in [0.05, 0.1) is 5.92 Å². The molecular weight excluding hydrogens is 394 g/mol. The Hall–Kier alpha value is -2.45. The molecule has 9 heteroatoms. The summed E-state index contributed by atoms with van der Waals surface area (Å²) < 4.78 is 28.7. The van der Waals surface area contributed by atoms with Gasteiger partial charge in [0.1, 0.15) is 0 Å². The Morgan fingerprint density at radius 2 is 1.93 bits per heavy atom. The topological polar surface area (TPSA) is 88.8 Å². The Balaban J connectivity index is 1.21. The summed E-state index contributed by atoms with van der Waals surface area (Å²) >= 11 is 0. The smallest absolute Gasteiger partial charge is 0.388 e. The molecular formula is C21H28F2N4O3. The van der Waals surface area contributed by atoms with Crippen molar-refractivity contribution in [3.05, 3.63) is 23.9 Å². The van der Waals surface area contributed by atoms with E-state index in [4.69, 9.17) is 5.73 Å². The zero-order valence-corrected chi connectivity index (χ0v) is 16.9. The molecule has 1 aromatic rings. The number of halogens is 2. The molecule has 2 N–H and O–H groups in total. The van der Waals surface area contributed by atoms with E-state index < -0.39 is 6.61 Å². The molecule has 0 radical (unpaired) electrons. The summed E-state index contributed by atoms with van der Waals surface area (Å²) in [5, 5.41) is 0. The van der Waals surface area contributed by atoms with Gasteiger partial charge in [-0.25, -0.2) is 9.78 Å². The first-order valence-electron chi connectivity index (χ1n) is 10.6. The van der Waals surface area contributed by atoms with Crippen LogP contribution >= 0.6 is 0 Å². The maximum absolute atomic E-state index is 12.7. The van der Waals surface area contributed by atoms with Crippen LogP contribution in [0.4, 0.5) is 13.6 Å². The summed E-state index contributed by atoms with van der Waals surface area (Å²) in [6, 6.07) is 3.32. The molecule has 1 aromatic heterocycles. The number of urea groups is 1. The second-order valence-corrected chi connectivity index (χ2v) is 9.00. The molecule has 3 aliphatic rings. The van der Waals surface area contributed by atoms with Gasteiger partial charge in [-0.3, -0.25) is 4.79 Å². The highest BCUT2D eigenvalue weighted by molar-refractivity contribution is 5.80. The van der Waals surface area contributed by atoms with Crippen LogP contribution in [0.5, 0.6) is 5.88 Å². The summed E-state index contributed by atoms with van der Waals surface area (Å²) in [6.45, 7) is -0.237. The number of alkyl halides is 2. The molecule has 0 bridgehead atoms. The summed E-state index contributed by atoms with van der Waals surface area (Å²) in [5.41, 5.74) is 6.61. The van der Waals surface area contributed by atoms with Crippen LogP contribution in [0, 0.1) is 17.3 Å².